The van der Waals surface area contributed by atoms with Crippen LogP contribution in [0.15, 0.2) is 42.5 Å². The highest BCUT2D eigenvalue weighted by Crippen LogP contribution is 2.19. The van der Waals surface area contributed by atoms with Crippen molar-refractivity contribution in [2.24, 2.45) is 0 Å². The van der Waals surface area contributed by atoms with Gasteiger partial charge in [-0.1, -0.05) is 48.0 Å². The molecule has 0 fully saturated rings. The van der Waals surface area contributed by atoms with Crippen molar-refractivity contribution in [3.63, 3.8) is 0 Å². The first-order chi connectivity index (χ1) is 9.56. The Balaban J connectivity index is 1.94. The van der Waals surface area contributed by atoms with E-state index in [1.165, 1.54) is 22.3 Å². The predicted octanol–water partition coefficient (Wildman–Crippen LogP) is 4.10. The molecule has 2 nitrogen and oxygen atoms in total. The van der Waals surface area contributed by atoms with Crippen LogP contribution in [0.3, 0.4) is 0 Å². The summed E-state index contributed by atoms with van der Waals surface area (Å²) in [6.07, 6.45) is 0. The molecule has 2 rings (SSSR count). The Bertz CT molecular complexity index is 583. The van der Waals surface area contributed by atoms with Crippen LogP contribution in [0.25, 0.3) is 0 Å². The Morgan fingerprint density at radius 1 is 0.950 bits per heavy atom. The van der Waals surface area contributed by atoms with Crippen LogP contribution in [0.2, 0.25) is 0 Å². The quantitative estimate of drug-likeness (QED) is 0.830. The Morgan fingerprint density at radius 3 is 2.15 bits per heavy atom. The Kier molecular flexibility index (Phi) is 4.74. The fraction of sp³-hybridized carbons (Fsp3) is 0.235. The molecule has 20 heavy (non-hydrogen) atoms. The van der Waals surface area contributed by atoms with Gasteiger partial charge in [0.05, 0.1) is 0 Å². The second-order valence-corrected chi connectivity index (χ2v) is 5.47. The molecule has 0 saturated heterocycles. The molecule has 0 aliphatic rings. The number of thiocarbonyl (C=S) groups is 1. The van der Waals surface area contributed by atoms with Gasteiger partial charge in [0.15, 0.2) is 5.11 Å². The van der Waals surface area contributed by atoms with E-state index >= 15 is 0 Å². The van der Waals surface area contributed by atoms with Gasteiger partial charge in [0, 0.05) is 12.2 Å². The van der Waals surface area contributed by atoms with Gasteiger partial charge in [-0.05, 0) is 49.7 Å². The molecule has 0 spiro atoms. The van der Waals surface area contributed by atoms with Gasteiger partial charge < -0.3 is 10.6 Å². The maximum Gasteiger partial charge on any atom is 0.171 e. The van der Waals surface area contributed by atoms with Gasteiger partial charge in [-0.25, -0.2) is 0 Å². The van der Waals surface area contributed by atoms with Gasteiger partial charge in [-0.15, -0.1) is 0 Å². The molecule has 0 radical (unpaired) electrons. The lowest BCUT2D eigenvalue weighted by Gasteiger charge is -2.14. The molecule has 0 aromatic heterocycles. The zero-order valence-corrected chi connectivity index (χ0v) is 13.0. The van der Waals surface area contributed by atoms with Gasteiger partial charge >= 0.3 is 0 Å². The summed E-state index contributed by atoms with van der Waals surface area (Å²) < 4.78 is 0. The average molecular weight is 284 g/mol. The minimum atomic E-state index is 0.656. The van der Waals surface area contributed by atoms with E-state index in [-0.39, 0.29) is 0 Å². The van der Waals surface area contributed by atoms with Crippen LogP contribution in [0, 0.1) is 20.8 Å². The Labute approximate surface area is 126 Å². The van der Waals surface area contributed by atoms with Crippen molar-refractivity contribution in [1.29, 1.82) is 0 Å². The van der Waals surface area contributed by atoms with Gasteiger partial charge in [0.25, 0.3) is 0 Å². The van der Waals surface area contributed by atoms with Crippen LogP contribution in [-0.2, 0) is 6.54 Å². The molecular weight excluding hydrogens is 264 g/mol. The van der Waals surface area contributed by atoms with Crippen molar-refractivity contribution in [2.75, 3.05) is 5.32 Å². The third-order valence-electron chi connectivity index (χ3n) is 3.29. The SMILES string of the molecule is Cc1ccc(CNC(=S)Nc2c(C)cccc2C)cc1. The largest absolute Gasteiger partial charge is 0.358 e. The van der Waals surface area contributed by atoms with Gasteiger partial charge in [0.2, 0.25) is 0 Å². The molecule has 0 aliphatic carbocycles. The molecule has 2 N–H and O–H groups in total. The van der Waals surface area contributed by atoms with Crippen molar-refractivity contribution < 1.29 is 0 Å². The van der Waals surface area contributed by atoms with E-state index in [0.29, 0.717) is 5.11 Å². The van der Waals surface area contributed by atoms with Crippen LogP contribution >= 0.6 is 12.2 Å². The van der Waals surface area contributed by atoms with E-state index in [1.54, 1.807) is 0 Å². The predicted molar refractivity (Wildman–Crippen MR) is 90.2 cm³/mol. The standard InChI is InChI=1S/C17H20N2S/c1-12-7-9-15(10-8-12)11-18-17(20)19-16-13(2)5-4-6-14(16)3/h4-10H,11H2,1-3H3,(H2,18,19,20). The van der Waals surface area contributed by atoms with E-state index in [9.17, 15) is 0 Å². The number of hydrogen-bond acceptors (Lipinski definition) is 1. The molecule has 2 aromatic rings. The normalized spacial score (nSPS) is 10.2. The van der Waals surface area contributed by atoms with Crippen LogP contribution < -0.4 is 10.6 Å². The summed E-state index contributed by atoms with van der Waals surface area (Å²) in [5.41, 5.74) is 5.98. The average Bonchev–Trinajstić information content (AvgIpc) is 2.42. The highest BCUT2D eigenvalue weighted by molar-refractivity contribution is 7.80. The van der Waals surface area contributed by atoms with E-state index in [1.807, 2.05) is 0 Å². The van der Waals surface area contributed by atoms with Crippen molar-refractivity contribution in [3.05, 3.63) is 64.7 Å². The summed E-state index contributed by atoms with van der Waals surface area (Å²) in [6, 6.07) is 14.7. The summed E-state index contributed by atoms with van der Waals surface area (Å²) in [4.78, 5) is 0. The summed E-state index contributed by atoms with van der Waals surface area (Å²) in [6.45, 7) is 6.98. The first-order valence-corrected chi connectivity index (χ1v) is 7.13. The highest BCUT2D eigenvalue weighted by Gasteiger charge is 2.04. The Morgan fingerprint density at radius 2 is 1.55 bits per heavy atom. The third kappa shape index (κ3) is 3.81. The lowest BCUT2D eigenvalue weighted by Crippen LogP contribution is -2.28. The highest BCUT2D eigenvalue weighted by atomic mass is 32.1. The lowest BCUT2D eigenvalue weighted by molar-refractivity contribution is 0.924. The summed E-state index contributed by atoms with van der Waals surface area (Å²) in [7, 11) is 0. The molecule has 0 amide bonds. The topological polar surface area (TPSA) is 24.1 Å². The Hall–Kier alpha value is -1.87. The van der Waals surface area contributed by atoms with Crippen LogP contribution in [0.1, 0.15) is 22.3 Å². The number of anilines is 1. The number of hydrogen-bond donors (Lipinski definition) is 2. The molecule has 0 bridgehead atoms. The summed E-state index contributed by atoms with van der Waals surface area (Å²) in [5, 5.41) is 7.18. The van der Waals surface area contributed by atoms with E-state index < -0.39 is 0 Å². The summed E-state index contributed by atoms with van der Waals surface area (Å²) >= 11 is 5.36. The van der Waals surface area contributed by atoms with E-state index in [0.717, 1.165) is 12.2 Å². The minimum Gasteiger partial charge on any atom is -0.358 e. The first-order valence-electron chi connectivity index (χ1n) is 6.73. The number of para-hydroxylation sites is 1. The maximum absolute atomic E-state index is 5.36. The van der Waals surface area contributed by atoms with Gasteiger partial charge in [-0.3, -0.25) is 0 Å². The maximum atomic E-state index is 5.36. The van der Waals surface area contributed by atoms with Gasteiger partial charge in [0.1, 0.15) is 0 Å². The van der Waals surface area contributed by atoms with E-state index in [4.69, 9.17) is 12.2 Å². The molecule has 0 saturated carbocycles. The van der Waals surface area contributed by atoms with Crippen LogP contribution in [0.4, 0.5) is 5.69 Å². The van der Waals surface area contributed by atoms with Crippen LogP contribution in [0.5, 0.6) is 0 Å². The van der Waals surface area contributed by atoms with E-state index in [2.05, 4.69) is 73.9 Å². The van der Waals surface area contributed by atoms with Crippen molar-refractivity contribution >= 4 is 23.0 Å². The molecule has 0 atom stereocenters. The number of benzene rings is 2. The smallest absolute Gasteiger partial charge is 0.171 e. The number of aryl methyl sites for hydroxylation is 3. The zero-order chi connectivity index (χ0) is 14.5. The summed E-state index contributed by atoms with van der Waals surface area (Å²) in [5.74, 6) is 0. The second-order valence-electron chi connectivity index (χ2n) is 5.06. The third-order valence-corrected chi connectivity index (χ3v) is 3.54. The molecule has 0 aliphatic heterocycles. The molecule has 0 unspecified atom stereocenters. The van der Waals surface area contributed by atoms with Crippen molar-refractivity contribution in [3.8, 4) is 0 Å². The monoisotopic (exact) mass is 284 g/mol. The molecular formula is C17H20N2S. The fourth-order valence-corrected chi connectivity index (χ4v) is 2.23. The fourth-order valence-electron chi connectivity index (χ4n) is 2.06. The second kappa shape index (κ2) is 6.53. The number of nitrogens with one attached hydrogen (secondary N) is 2. The lowest BCUT2D eigenvalue weighted by atomic mass is 10.1. The molecule has 0 heterocycles. The molecule has 3 heteroatoms. The van der Waals surface area contributed by atoms with Crippen molar-refractivity contribution in [2.45, 2.75) is 27.3 Å². The zero-order valence-electron chi connectivity index (χ0n) is 12.2. The molecule has 2 aromatic carbocycles. The van der Waals surface area contributed by atoms with Crippen molar-refractivity contribution in [1.82, 2.24) is 5.32 Å². The minimum absolute atomic E-state index is 0.656. The molecule has 104 valence electrons. The van der Waals surface area contributed by atoms with Crippen LogP contribution in [-0.4, -0.2) is 5.11 Å². The van der Waals surface area contributed by atoms with Gasteiger partial charge in [-0.2, -0.15) is 0 Å². The number of rotatable bonds is 3. The first kappa shape index (κ1) is 14.5.